The molecular formula is C15H19BrN2O3. The van der Waals surface area contributed by atoms with Crippen molar-refractivity contribution in [1.82, 2.24) is 5.32 Å². The Morgan fingerprint density at radius 3 is 2.67 bits per heavy atom. The first-order valence-electron chi connectivity index (χ1n) is 7.08. The highest BCUT2D eigenvalue weighted by molar-refractivity contribution is 9.10. The molecule has 2 rings (SSSR count). The van der Waals surface area contributed by atoms with Crippen LogP contribution >= 0.6 is 15.9 Å². The lowest BCUT2D eigenvalue weighted by Crippen LogP contribution is -2.43. The molecule has 21 heavy (non-hydrogen) atoms. The largest absolute Gasteiger partial charge is 0.478 e. The SMILES string of the molecule is CC1CCCCC1NC(=O)Nc1c(Br)cccc1C(=O)O. The molecule has 0 aromatic heterocycles. The number of anilines is 1. The number of benzene rings is 1. The number of carboxylic acid groups (broad SMARTS) is 1. The van der Waals surface area contributed by atoms with Crippen molar-refractivity contribution in [2.75, 3.05) is 5.32 Å². The number of rotatable bonds is 3. The Bertz CT molecular complexity index is 548. The maximum Gasteiger partial charge on any atom is 0.337 e. The summed E-state index contributed by atoms with van der Waals surface area (Å²) in [4.78, 5) is 23.3. The van der Waals surface area contributed by atoms with Gasteiger partial charge in [-0.15, -0.1) is 0 Å². The van der Waals surface area contributed by atoms with Gasteiger partial charge in [0.15, 0.2) is 0 Å². The van der Waals surface area contributed by atoms with E-state index in [-0.39, 0.29) is 23.3 Å². The highest BCUT2D eigenvalue weighted by Crippen LogP contribution is 2.27. The molecule has 1 aromatic carbocycles. The quantitative estimate of drug-likeness (QED) is 0.771. The summed E-state index contributed by atoms with van der Waals surface area (Å²) in [5.41, 5.74) is 0.349. The van der Waals surface area contributed by atoms with Crippen molar-refractivity contribution in [1.29, 1.82) is 0 Å². The number of aromatic carboxylic acids is 1. The topological polar surface area (TPSA) is 78.4 Å². The fourth-order valence-electron chi connectivity index (χ4n) is 2.68. The summed E-state index contributed by atoms with van der Waals surface area (Å²) in [6.45, 7) is 2.13. The van der Waals surface area contributed by atoms with Crippen LogP contribution in [-0.4, -0.2) is 23.1 Å². The maximum absolute atomic E-state index is 12.1. The minimum Gasteiger partial charge on any atom is -0.478 e. The van der Waals surface area contributed by atoms with Crippen molar-refractivity contribution in [3.63, 3.8) is 0 Å². The summed E-state index contributed by atoms with van der Waals surface area (Å²) < 4.78 is 0.550. The van der Waals surface area contributed by atoms with Gasteiger partial charge in [-0.2, -0.15) is 0 Å². The van der Waals surface area contributed by atoms with Gasteiger partial charge in [0.05, 0.1) is 11.3 Å². The predicted octanol–water partition coefficient (Wildman–Crippen LogP) is 3.85. The normalized spacial score (nSPS) is 21.6. The van der Waals surface area contributed by atoms with E-state index in [1.165, 1.54) is 12.5 Å². The molecule has 0 heterocycles. The van der Waals surface area contributed by atoms with E-state index in [0.717, 1.165) is 19.3 Å². The lowest BCUT2D eigenvalue weighted by Gasteiger charge is -2.29. The van der Waals surface area contributed by atoms with E-state index in [2.05, 4.69) is 33.5 Å². The molecular weight excluding hydrogens is 336 g/mol. The number of carbonyl (C=O) groups excluding carboxylic acids is 1. The molecule has 0 aliphatic heterocycles. The Balaban J connectivity index is 2.07. The number of amides is 2. The molecule has 0 radical (unpaired) electrons. The van der Waals surface area contributed by atoms with Gasteiger partial charge in [-0.05, 0) is 46.8 Å². The zero-order valence-corrected chi connectivity index (χ0v) is 13.4. The Morgan fingerprint density at radius 2 is 2.00 bits per heavy atom. The minimum atomic E-state index is -1.07. The van der Waals surface area contributed by atoms with Crippen LogP contribution in [0.25, 0.3) is 0 Å². The molecule has 1 saturated carbocycles. The number of nitrogens with one attached hydrogen (secondary N) is 2. The number of para-hydroxylation sites is 1. The third-order valence-corrected chi connectivity index (χ3v) is 4.57. The van der Waals surface area contributed by atoms with Crippen LogP contribution in [0.3, 0.4) is 0 Å². The molecule has 2 amide bonds. The van der Waals surface area contributed by atoms with Crippen LogP contribution in [0.1, 0.15) is 43.0 Å². The third kappa shape index (κ3) is 3.97. The zero-order chi connectivity index (χ0) is 15.4. The van der Waals surface area contributed by atoms with Gasteiger partial charge in [-0.3, -0.25) is 0 Å². The number of hydrogen-bond donors (Lipinski definition) is 3. The molecule has 1 aromatic rings. The van der Waals surface area contributed by atoms with Gasteiger partial charge in [-0.1, -0.05) is 25.8 Å². The van der Waals surface area contributed by atoms with Gasteiger partial charge in [-0.25, -0.2) is 9.59 Å². The fourth-order valence-corrected chi connectivity index (χ4v) is 3.14. The monoisotopic (exact) mass is 354 g/mol. The van der Waals surface area contributed by atoms with Crippen molar-refractivity contribution in [2.24, 2.45) is 5.92 Å². The van der Waals surface area contributed by atoms with Crippen LogP contribution in [0, 0.1) is 5.92 Å². The van der Waals surface area contributed by atoms with Gasteiger partial charge in [0.25, 0.3) is 0 Å². The first-order valence-corrected chi connectivity index (χ1v) is 7.87. The summed E-state index contributed by atoms with van der Waals surface area (Å²) in [5, 5.41) is 14.8. The van der Waals surface area contributed by atoms with Gasteiger partial charge in [0.2, 0.25) is 0 Å². The second-order valence-corrected chi connectivity index (χ2v) is 6.29. The van der Waals surface area contributed by atoms with Crippen LogP contribution in [0.2, 0.25) is 0 Å². The second-order valence-electron chi connectivity index (χ2n) is 5.43. The van der Waals surface area contributed by atoms with Crippen LogP contribution < -0.4 is 10.6 Å². The summed E-state index contributed by atoms with van der Waals surface area (Å²) in [5.74, 6) is -0.625. The highest BCUT2D eigenvalue weighted by atomic mass is 79.9. The smallest absolute Gasteiger partial charge is 0.337 e. The van der Waals surface area contributed by atoms with Crippen LogP contribution in [0.15, 0.2) is 22.7 Å². The standard InChI is InChI=1S/C15H19BrN2O3/c1-9-5-2-3-8-12(9)17-15(21)18-13-10(14(19)20)6-4-7-11(13)16/h4,6-7,9,12H,2-3,5,8H2,1H3,(H,19,20)(H2,17,18,21). The highest BCUT2D eigenvalue weighted by Gasteiger charge is 2.23. The Morgan fingerprint density at radius 1 is 1.29 bits per heavy atom. The number of halogens is 1. The molecule has 2 unspecified atom stereocenters. The average molecular weight is 355 g/mol. The van der Waals surface area contributed by atoms with E-state index >= 15 is 0 Å². The van der Waals surface area contributed by atoms with Crippen molar-refractivity contribution < 1.29 is 14.7 Å². The van der Waals surface area contributed by atoms with E-state index in [0.29, 0.717) is 10.4 Å². The van der Waals surface area contributed by atoms with E-state index in [9.17, 15) is 14.7 Å². The molecule has 1 aliphatic carbocycles. The lowest BCUT2D eigenvalue weighted by molar-refractivity contribution is 0.0698. The number of hydrogen-bond acceptors (Lipinski definition) is 2. The Labute approximate surface area is 132 Å². The predicted molar refractivity (Wildman–Crippen MR) is 84.7 cm³/mol. The van der Waals surface area contributed by atoms with E-state index < -0.39 is 5.97 Å². The summed E-state index contributed by atoms with van der Waals surface area (Å²) >= 11 is 3.28. The molecule has 6 heteroatoms. The van der Waals surface area contributed by atoms with Crippen molar-refractivity contribution in [3.8, 4) is 0 Å². The maximum atomic E-state index is 12.1. The first kappa shape index (κ1) is 15.8. The van der Waals surface area contributed by atoms with Crippen LogP contribution in [0.5, 0.6) is 0 Å². The van der Waals surface area contributed by atoms with Gasteiger partial charge in [0.1, 0.15) is 0 Å². The van der Waals surface area contributed by atoms with E-state index in [1.54, 1.807) is 12.1 Å². The third-order valence-electron chi connectivity index (χ3n) is 3.91. The van der Waals surface area contributed by atoms with Crippen molar-refractivity contribution >= 4 is 33.6 Å². The average Bonchev–Trinajstić information content (AvgIpc) is 2.43. The van der Waals surface area contributed by atoms with Crippen LogP contribution in [-0.2, 0) is 0 Å². The fraction of sp³-hybridized carbons (Fsp3) is 0.467. The second kappa shape index (κ2) is 6.93. The summed E-state index contributed by atoms with van der Waals surface area (Å²) in [7, 11) is 0. The van der Waals surface area contributed by atoms with Gasteiger partial charge >= 0.3 is 12.0 Å². The molecule has 0 bridgehead atoms. The van der Waals surface area contributed by atoms with Crippen LogP contribution in [0.4, 0.5) is 10.5 Å². The van der Waals surface area contributed by atoms with Crippen molar-refractivity contribution in [2.45, 2.75) is 38.6 Å². The first-order chi connectivity index (χ1) is 9.99. The van der Waals surface area contributed by atoms with E-state index in [1.807, 2.05) is 0 Å². The number of carboxylic acids is 1. The Kier molecular flexibility index (Phi) is 5.22. The molecule has 1 fully saturated rings. The summed E-state index contributed by atoms with van der Waals surface area (Å²) in [6.07, 6.45) is 4.40. The zero-order valence-electron chi connectivity index (χ0n) is 11.9. The lowest BCUT2D eigenvalue weighted by atomic mass is 9.86. The molecule has 0 saturated heterocycles. The molecule has 3 N–H and O–H groups in total. The summed E-state index contributed by atoms with van der Waals surface area (Å²) in [6, 6.07) is 4.58. The molecule has 2 atom stereocenters. The Hall–Kier alpha value is -1.56. The molecule has 5 nitrogen and oxygen atoms in total. The molecule has 114 valence electrons. The number of urea groups is 1. The van der Waals surface area contributed by atoms with E-state index in [4.69, 9.17) is 0 Å². The van der Waals surface area contributed by atoms with Crippen molar-refractivity contribution in [3.05, 3.63) is 28.2 Å². The van der Waals surface area contributed by atoms with Gasteiger partial charge < -0.3 is 15.7 Å². The molecule has 1 aliphatic rings. The number of carbonyl (C=O) groups is 2. The minimum absolute atomic E-state index is 0.0659. The molecule has 0 spiro atoms. The van der Waals surface area contributed by atoms with Gasteiger partial charge in [0, 0.05) is 10.5 Å².